The first-order chi connectivity index (χ1) is 13.7. The van der Waals surface area contributed by atoms with E-state index in [1.54, 1.807) is 30.4 Å². The second kappa shape index (κ2) is 10.5. The van der Waals surface area contributed by atoms with Crippen molar-refractivity contribution in [2.45, 2.75) is 25.2 Å². The monoisotopic (exact) mass is 417 g/mol. The molecule has 0 aliphatic carbocycles. The van der Waals surface area contributed by atoms with Crippen LogP contribution in [0.25, 0.3) is 10.9 Å². The lowest BCUT2D eigenvalue weighted by atomic mass is 10.2. The van der Waals surface area contributed by atoms with Gasteiger partial charge < -0.3 is 19.1 Å². The molecule has 28 heavy (non-hydrogen) atoms. The Bertz CT molecular complexity index is 867. The molecule has 3 rings (SSSR count). The molecule has 3 aromatic rings. The van der Waals surface area contributed by atoms with Gasteiger partial charge in [0.05, 0.1) is 24.2 Å². The van der Waals surface area contributed by atoms with Crippen molar-refractivity contribution in [2.75, 3.05) is 38.1 Å². The maximum atomic E-state index is 6.02. The van der Waals surface area contributed by atoms with Gasteiger partial charge in [-0.2, -0.15) is 0 Å². The number of rotatable bonds is 11. The summed E-state index contributed by atoms with van der Waals surface area (Å²) in [6.45, 7) is 8.21. The number of thiophene rings is 1. The summed E-state index contributed by atoms with van der Waals surface area (Å²) in [5.41, 5.74) is 0.900. The van der Waals surface area contributed by atoms with Crippen LogP contribution in [0.2, 0.25) is 0 Å². The van der Waals surface area contributed by atoms with Crippen LogP contribution in [0.3, 0.4) is 0 Å². The maximum Gasteiger partial charge on any atom is 0.163 e. The molecule has 0 atom stereocenters. The van der Waals surface area contributed by atoms with Gasteiger partial charge in [0.25, 0.3) is 0 Å². The zero-order valence-corrected chi connectivity index (χ0v) is 18.2. The van der Waals surface area contributed by atoms with Gasteiger partial charge in [-0.25, -0.2) is 0 Å². The molecule has 150 valence electrons. The minimum absolute atomic E-state index is 0.659. The van der Waals surface area contributed by atoms with Gasteiger partial charge >= 0.3 is 0 Å². The van der Waals surface area contributed by atoms with Crippen molar-refractivity contribution in [3.8, 4) is 11.5 Å². The molecule has 1 aromatic carbocycles. The van der Waals surface area contributed by atoms with E-state index in [-0.39, 0.29) is 0 Å². The number of fused-ring (bicyclic) bond motifs is 1. The number of pyridine rings is 1. The largest absolute Gasteiger partial charge is 0.493 e. The van der Waals surface area contributed by atoms with Crippen molar-refractivity contribution in [1.82, 2.24) is 9.88 Å². The molecule has 0 bridgehead atoms. The summed E-state index contributed by atoms with van der Waals surface area (Å²) in [5.74, 6) is 1.48. The molecular formula is C21H27N3O2S2. The number of hydrogen-bond acceptors (Lipinski definition) is 7. The summed E-state index contributed by atoms with van der Waals surface area (Å²) in [7, 11) is 1.68. The third-order valence-electron chi connectivity index (χ3n) is 4.54. The molecule has 0 spiro atoms. The highest BCUT2D eigenvalue weighted by Gasteiger charge is 2.11. The molecule has 0 radical (unpaired) electrons. The lowest BCUT2D eigenvalue weighted by Crippen LogP contribution is -2.25. The van der Waals surface area contributed by atoms with Crippen LogP contribution in [0.4, 0.5) is 5.00 Å². The van der Waals surface area contributed by atoms with Crippen LogP contribution < -0.4 is 14.2 Å². The van der Waals surface area contributed by atoms with E-state index >= 15 is 0 Å². The Labute approximate surface area is 175 Å². The third-order valence-corrected chi connectivity index (χ3v) is 6.35. The fourth-order valence-corrected chi connectivity index (χ4v) is 4.40. The second-order valence-electron chi connectivity index (χ2n) is 6.24. The fraction of sp³-hybridized carbons (Fsp3) is 0.381. The van der Waals surface area contributed by atoms with Gasteiger partial charge in [-0.1, -0.05) is 13.8 Å². The van der Waals surface area contributed by atoms with Crippen LogP contribution in [0.5, 0.6) is 11.5 Å². The van der Waals surface area contributed by atoms with E-state index in [2.05, 4.69) is 39.9 Å². The highest BCUT2D eigenvalue weighted by Crippen LogP contribution is 2.36. The average molecular weight is 418 g/mol. The Hall–Kier alpha value is -1.96. The molecule has 0 saturated heterocycles. The van der Waals surface area contributed by atoms with Crippen molar-refractivity contribution < 1.29 is 9.47 Å². The Morgan fingerprint density at radius 2 is 2.04 bits per heavy atom. The van der Waals surface area contributed by atoms with E-state index < -0.39 is 0 Å². The minimum atomic E-state index is 0.659. The summed E-state index contributed by atoms with van der Waals surface area (Å²) < 4.78 is 15.0. The Morgan fingerprint density at radius 1 is 1.18 bits per heavy atom. The third kappa shape index (κ3) is 5.31. The van der Waals surface area contributed by atoms with Crippen molar-refractivity contribution in [2.24, 2.45) is 0 Å². The van der Waals surface area contributed by atoms with Gasteiger partial charge in [0, 0.05) is 29.1 Å². The number of nitrogens with one attached hydrogen (secondary N) is 1. The van der Waals surface area contributed by atoms with Crippen LogP contribution in [0.1, 0.15) is 20.3 Å². The zero-order valence-electron chi connectivity index (χ0n) is 16.6. The van der Waals surface area contributed by atoms with Gasteiger partial charge in [-0.05, 0) is 61.1 Å². The number of anilines is 1. The summed E-state index contributed by atoms with van der Waals surface area (Å²) in [6.07, 6.45) is 2.81. The molecule has 0 fully saturated rings. The quantitative estimate of drug-likeness (QED) is 0.327. The van der Waals surface area contributed by atoms with E-state index in [0.717, 1.165) is 58.4 Å². The van der Waals surface area contributed by atoms with E-state index in [1.807, 2.05) is 30.5 Å². The number of aromatic nitrogens is 1. The number of methoxy groups -OCH3 is 1. The van der Waals surface area contributed by atoms with Crippen LogP contribution in [0, 0.1) is 0 Å². The SMILES string of the molecule is CCN(CC)CCCOc1cc2nccc(SNc3cccs3)c2cc1OC. The number of nitrogens with zero attached hydrogens (tertiary/aromatic N) is 2. The number of benzene rings is 1. The topological polar surface area (TPSA) is 46.6 Å². The predicted octanol–water partition coefficient (Wildman–Crippen LogP) is 5.53. The molecule has 1 N–H and O–H groups in total. The van der Waals surface area contributed by atoms with Crippen molar-refractivity contribution in [3.63, 3.8) is 0 Å². The van der Waals surface area contributed by atoms with Gasteiger partial charge in [-0.3, -0.25) is 4.98 Å². The molecule has 0 aliphatic rings. The lowest BCUT2D eigenvalue weighted by Gasteiger charge is -2.18. The van der Waals surface area contributed by atoms with E-state index in [1.165, 1.54) is 0 Å². The van der Waals surface area contributed by atoms with E-state index in [4.69, 9.17) is 9.47 Å². The average Bonchev–Trinajstić information content (AvgIpc) is 3.25. The van der Waals surface area contributed by atoms with Crippen molar-refractivity contribution in [1.29, 1.82) is 0 Å². The first-order valence-corrected chi connectivity index (χ1v) is 11.2. The van der Waals surface area contributed by atoms with Gasteiger partial charge in [-0.15, -0.1) is 11.3 Å². The Kier molecular flexibility index (Phi) is 7.82. The molecule has 0 amide bonds. The first-order valence-electron chi connectivity index (χ1n) is 9.53. The molecule has 5 nitrogen and oxygen atoms in total. The summed E-state index contributed by atoms with van der Waals surface area (Å²) in [5, 5.41) is 4.22. The molecule has 0 saturated carbocycles. The molecule has 2 aromatic heterocycles. The fourth-order valence-electron chi connectivity index (χ4n) is 2.94. The highest BCUT2D eigenvalue weighted by atomic mass is 32.2. The normalized spacial score (nSPS) is 11.1. The molecule has 2 heterocycles. The van der Waals surface area contributed by atoms with Crippen LogP contribution in [-0.4, -0.2) is 43.2 Å². The lowest BCUT2D eigenvalue weighted by molar-refractivity contribution is 0.243. The molecular weight excluding hydrogens is 390 g/mol. The van der Waals surface area contributed by atoms with Crippen LogP contribution >= 0.6 is 23.3 Å². The van der Waals surface area contributed by atoms with Gasteiger partial charge in [0.2, 0.25) is 0 Å². The molecule has 7 heteroatoms. The molecule has 0 aliphatic heterocycles. The Morgan fingerprint density at radius 3 is 2.75 bits per heavy atom. The van der Waals surface area contributed by atoms with Crippen molar-refractivity contribution in [3.05, 3.63) is 41.9 Å². The number of hydrogen-bond donors (Lipinski definition) is 1. The smallest absolute Gasteiger partial charge is 0.163 e. The Balaban J connectivity index is 1.72. The summed E-state index contributed by atoms with van der Waals surface area (Å²) in [4.78, 5) is 8.02. The number of ether oxygens (including phenoxy) is 2. The molecule has 0 unspecified atom stereocenters. The van der Waals surface area contributed by atoms with Gasteiger partial charge in [0.15, 0.2) is 11.5 Å². The first kappa shape index (κ1) is 20.8. The van der Waals surface area contributed by atoms with Crippen LogP contribution in [0.15, 0.2) is 46.8 Å². The highest BCUT2D eigenvalue weighted by molar-refractivity contribution is 8.01. The van der Waals surface area contributed by atoms with Crippen molar-refractivity contribution >= 4 is 39.2 Å². The predicted molar refractivity (Wildman–Crippen MR) is 120 cm³/mol. The zero-order chi connectivity index (χ0) is 19.8. The van der Waals surface area contributed by atoms with E-state index in [9.17, 15) is 0 Å². The summed E-state index contributed by atoms with van der Waals surface area (Å²) >= 11 is 3.26. The van der Waals surface area contributed by atoms with E-state index in [0.29, 0.717) is 6.61 Å². The maximum absolute atomic E-state index is 6.02. The summed E-state index contributed by atoms with van der Waals surface area (Å²) in [6, 6.07) is 10.1. The second-order valence-corrected chi connectivity index (χ2v) is 8.04. The standard InChI is InChI=1S/C21H27N3O2S2/c1-4-24(5-2)11-7-12-26-19-15-17-16(14-18(19)25-3)20(9-10-22-17)28-23-21-8-6-13-27-21/h6,8-10,13-15,23H,4-5,7,11-12H2,1-3H3. The minimum Gasteiger partial charge on any atom is -0.493 e. The van der Waals surface area contributed by atoms with Gasteiger partial charge in [0.1, 0.15) is 0 Å². The van der Waals surface area contributed by atoms with Crippen LogP contribution in [-0.2, 0) is 0 Å².